The van der Waals surface area contributed by atoms with Crippen molar-refractivity contribution in [2.45, 2.75) is 6.92 Å². The molecule has 2 aromatic rings. The first-order valence-corrected chi connectivity index (χ1v) is 7.77. The molecule has 0 aliphatic rings. The van der Waals surface area contributed by atoms with Crippen molar-refractivity contribution in [1.82, 2.24) is 5.43 Å². The SMILES string of the molecule is CCOC(=O)C(=Nc1ccccc1C(=O)O)NNc1ccc([N+](=O)[O-])cc1. The lowest BCUT2D eigenvalue weighted by Gasteiger charge is -2.12. The van der Waals surface area contributed by atoms with Gasteiger partial charge in [-0.15, -0.1) is 0 Å². The van der Waals surface area contributed by atoms with Crippen LogP contribution in [0.15, 0.2) is 53.5 Å². The number of non-ortho nitro benzene ring substituents is 1. The number of carboxylic acids is 1. The largest absolute Gasteiger partial charge is 0.478 e. The Balaban J connectivity index is 2.26. The fourth-order valence-corrected chi connectivity index (χ4v) is 1.99. The van der Waals surface area contributed by atoms with Crippen molar-refractivity contribution in [1.29, 1.82) is 0 Å². The van der Waals surface area contributed by atoms with Crippen molar-refractivity contribution in [2.24, 2.45) is 4.99 Å². The summed E-state index contributed by atoms with van der Waals surface area (Å²) in [6.07, 6.45) is 0. The maximum Gasteiger partial charge on any atom is 0.375 e. The van der Waals surface area contributed by atoms with E-state index in [1.54, 1.807) is 13.0 Å². The average molecular weight is 372 g/mol. The van der Waals surface area contributed by atoms with Gasteiger partial charge in [-0.05, 0) is 31.2 Å². The predicted molar refractivity (Wildman–Crippen MR) is 97.0 cm³/mol. The molecule has 0 unspecified atom stereocenters. The van der Waals surface area contributed by atoms with Crippen LogP contribution in [0.4, 0.5) is 17.1 Å². The van der Waals surface area contributed by atoms with Gasteiger partial charge in [0.2, 0.25) is 5.84 Å². The van der Waals surface area contributed by atoms with E-state index in [1.165, 1.54) is 42.5 Å². The highest BCUT2D eigenvalue weighted by Gasteiger charge is 2.16. The quantitative estimate of drug-likeness (QED) is 0.231. The molecule has 10 heteroatoms. The number of ether oxygens (including phenoxy) is 1. The highest BCUT2D eigenvalue weighted by atomic mass is 16.6. The summed E-state index contributed by atoms with van der Waals surface area (Å²) < 4.78 is 4.91. The number of carboxylic acid groups (broad SMARTS) is 1. The Morgan fingerprint density at radius 3 is 2.44 bits per heavy atom. The third-order valence-corrected chi connectivity index (χ3v) is 3.24. The van der Waals surface area contributed by atoms with Crippen LogP contribution in [0.1, 0.15) is 17.3 Å². The number of esters is 1. The molecule has 140 valence electrons. The topological polar surface area (TPSA) is 143 Å². The average Bonchev–Trinajstić information content (AvgIpc) is 2.65. The van der Waals surface area contributed by atoms with E-state index in [2.05, 4.69) is 15.8 Å². The molecule has 0 heterocycles. The number of carbonyl (C=O) groups is 2. The molecule has 0 amide bonds. The zero-order valence-corrected chi connectivity index (χ0v) is 14.2. The molecule has 0 spiro atoms. The van der Waals surface area contributed by atoms with E-state index in [9.17, 15) is 24.8 Å². The van der Waals surface area contributed by atoms with Crippen LogP contribution in [0.2, 0.25) is 0 Å². The minimum Gasteiger partial charge on any atom is -0.478 e. The second-order valence-corrected chi connectivity index (χ2v) is 5.06. The van der Waals surface area contributed by atoms with Crippen molar-refractivity contribution in [2.75, 3.05) is 12.0 Å². The molecule has 0 radical (unpaired) electrons. The molecular formula is C17H16N4O6. The molecule has 0 aliphatic carbocycles. The normalized spacial score (nSPS) is 10.8. The van der Waals surface area contributed by atoms with Crippen LogP contribution < -0.4 is 10.9 Å². The smallest absolute Gasteiger partial charge is 0.375 e. The van der Waals surface area contributed by atoms with Crippen molar-refractivity contribution < 1.29 is 24.4 Å². The van der Waals surface area contributed by atoms with Crippen molar-refractivity contribution in [3.63, 3.8) is 0 Å². The molecule has 0 fully saturated rings. The van der Waals surface area contributed by atoms with Gasteiger partial charge in [0.25, 0.3) is 5.69 Å². The Morgan fingerprint density at radius 1 is 1.19 bits per heavy atom. The first kappa shape index (κ1) is 19.4. The summed E-state index contributed by atoms with van der Waals surface area (Å²) in [6.45, 7) is 1.71. The molecule has 2 aromatic carbocycles. The Labute approximate surface area is 153 Å². The van der Waals surface area contributed by atoms with Gasteiger partial charge in [-0.1, -0.05) is 12.1 Å². The lowest BCUT2D eigenvalue weighted by Crippen LogP contribution is -2.36. The number of amidine groups is 1. The zero-order chi connectivity index (χ0) is 19.8. The molecule has 0 bridgehead atoms. The molecule has 3 N–H and O–H groups in total. The predicted octanol–water partition coefficient (Wildman–Crippen LogP) is 2.50. The van der Waals surface area contributed by atoms with Crippen LogP contribution in [0, 0.1) is 10.1 Å². The molecule has 0 aliphatic heterocycles. The number of hydrazine groups is 1. The van der Waals surface area contributed by atoms with Crippen LogP contribution in [-0.4, -0.2) is 34.4 Å². The van der Waals surface area contributed by atoms with E-state index < -0.39 is 16.9 Å². The number of nitro groups is 1. The Morgan fingerprint density at radius 2 is 1.85 bits per heavy atom. The maximum atomic E-state index is 12.1. The minimum absolute atomic E-state index is 0.0612. The zero-order valence-electron chi connectivity index (χ0n) is 14.2. The monoisotopic (exact) mass is 372 g/mol. The number of nitrogens with one attached hydrogen (secondary N) is 2. The maximum absolute atomic E-state index is 12.1. The van der Waals surface area contributed by atoms with Crippen molar-refractivity contribution in [3.8, 4) is 0 Å². The van der Waals surface area contributed by atoms with Crippen LogP contribution >= 0.6 is 0 Å². The summed E-state index contributed by atoms with van der Waals surface area (Å²) in [5, 5.41) is 19.9. The van der Waals surface area contributed by atoms with E-state index in [0.29, 0.717) is 5.69 Å². The van der Waals surface area contributed by atoms with Gasteiger partial charge in [0.05, 0.1) is 28.5 Å². The number of aromatic carboxylic acids is 1. The van der Waals surface area contributed by atoms with E-state index in [-0.39, 0.29) is 29.4 Å². The molecule has 10 nitrogen and oxygen atoms in total. The first-order valence-electron chi connectivity index (χ1n) is 7.77. The molecule has 27 heavy (non-hydrogen) atoms. The number of carbonyl (C=O) groups excluding carboxylic acids is 1. The number of nitro benzene ring substituents is 1. The molecule has 0 saturated heterocycles. The van der Waals surface area contributed by atoms with E-state index in [4.69, 9.17) is 4.74 Å². The Kier molecular flexibility index (Phi) is 6.42. The molecule has 0 aromatic heterocycles. The summed E-state index contributed by atoms with van der Waals surface area (Å²) in [4.78, 5) is 37.6. The number of aliphatic imine (C=N–C) groups is 1. The van der Waals surface area contributed by atoms with Crippen LogP contribution in [0.25, 0.3) is 0 Å². The van der Waals surface area contributed by atoms with Gasteiger partial charge in [-0.25, -0.2) is 14.6 Å². The molecule has 2 rings (SSSR count). The van der Waals surface area contributed by atoms with Gasteiger partial charge < -0.3 is 9.84 Å². The van der Waals surface area contributed by atoms with Crippen LogP contribution in [-0.2, 0) is 9.53 Å². The number of para-hydroxylation sites is 1. The lowest BCUT2D eigenvalue weighted by molar-refractivity contribution is -0.384. The molecule has 0 atom stereocenters. The summed E-state index contributed by atoms with van der Waals surface area (Å²) in [5.74, 6) is -2.27. The highest BCUT2D eigenvalue weighted by molar-refractivity contribution is 6.36. The standard InChI is InChI=1S/C17H16N4O6/c1-2-27-17(24)15(18-14-6-4-3-5-13(14)16(22)23)20-19-11-7-9-12(10-8-11)21(25)26/h3-10,19H,2H2,1H3,(H,18,20)(H,22,23). The number of nitrogens with zero attached hydrogens (tertiary/aromatic N) is 2. The van der Waals surface area contributed by atoms with Gasteiger partial charge >= 0.3 is 11.9 Å². The Hall–Kier alpha value is -3.95. The van der Waals surface area contributed by atoms with Gasteiger partial charge in [-0.2, -0.15) is 0 Å². The Bertz CT molecular complexity index is 879. The number of hydrogen-bond acceptors (Lipinski definition) is 7. The lowest BCUT2D eigenvalue weighted by atomic mass is 10.2. The van der Waals surface area contributed by atoms with Gasteiger partial charge in [0, 0.05) is 12.1 Å². The second-order valence-electron chi connectivity index (χ2n) is 5.06. The van der Waals surface area contributed by atoms with Gasteiger partial charge in [0.15, 0.2) is 0 Å². The summed E-state index contributed by atoms with van der Waals surface area (Å²) in [5.41, 5.74) is 5.52. The summed E-state index contributed by atoms with van der Waals surface area (Å²) >= 11 is 0. The van der Waals surface area contributed by atoms with Crippen LogP contribution in [0.3, 0.4) is 0 Å². The fraction of sp³-hybridized carbons (Fsp3) is 0.118. The van der Waals surface area contributed by atoms with Gasteiger partial charge in [0.1, 0.15) is 0 Å². The first-order chi connectivity index (χ1) is 12.9. The van der Waals surface area contributed by atoms with E-state index in [0.717, 1.165) is 0 Å². The summed E-state index contributed by atoms with van der Waals surface area (Å²) in [6, 6.07) is 11.3. The third-order valence-electron chi connectivity index (χ3n) is 3.24. The number of hydrogen-bond donors (Lipinski definition) is 3. The van der Waals surface area contributed by atoms with Crippen LogP contribution in [0.5, 0.6) is 0 Å². The summed E-state index contributed by atoms with van der Waals surface area (Å²) in [7, 11) is 0. The fourth-order valence-electron chi connectivity index (χ4n) is 1.99. The van der Waals surface area contributed by atoms with E-state index >= 15 is 0 Å². The molecule has 0 saturated carbocycles. The minimum atomic E-state index is -1.19. The number of anilines is 1. The number of rotatable bonds is 6. The van der Waals surface area contributed by atoms with Gasteiger partial charge in [-0.3, -0.25) is 21.0 Å². The van der Waals surface area contributed by atoms with E-state index in [1.807, 2.05) is 0 Å². The number of benzene rings is 2. The highest BCUT2D eigenvalue weighted by Crippen LogP contribution is 2.19. The third kappa shape index (κ3) is 5.26. The molecular weight excluding hydrogens is 356 g/mol. The second kappa shape index (κ2) is 8.94. The van der Waals surface area contributed by atoms with Crippen molar-refractivity contribution >= 4 is 34.8 Å². The van der Waals surface area contributed by atoms with Crippen molar-refractivity contribution in [3.05, 3.63) is 64.2 Å².